The maximum absolute atomic E-state index is 5.61. The van der Waals surface area contributed by atoms with Crippen molar-refractivity contribution in [1.82, 2.24) is 4.90 Å². The summed E-state index contributed by atoms with van der Waals surface area (Å²) in [5.41, 5.74) is 5.61. The van der Waals surface area contributed by atoms with E-state index in [1.54, 1.807) is 0 Å². The maximum Gasteiger partial charge on any atom is 0.0823 e. The second kappa shape index (κ2) is 8.48. The first kappa shape index (κ1) is 12.9. The maximum atomic E-state index is 5.61. The Morgan fingerprint density at radius 3 is 2.38 bits per heavy atom. The van der Waals surface area contributed by atoms with Crippen molar-refractivity contribution < 1.29 is 4.74 Å². The number of hydrogen-bond acceptors (Lipinski definition) is 3. The minimum Gasteiger partial charge on any atom is -0.376 e. The Kier molecular flexibility index (Phi) is 8.40. The van der Waals surface area contributed by atoms with Crippen molar-refractivity contribution in [3.05, 3.63) is 0 Å². The van der Waals surface area contributed by atoms with Gasteiger partial charge in [-0.05, 0) is 26.4 Å². The van der Waals surface area contributed by atoms with E-state index >= 15 is 0 Å². The fourth-order valence-corrected chi connectivity index (χ4v) is 1.41. The van der Waals surface area contributed by atoms with Crippen LogP contribution in [0.3, 0.4) is 0 Å². The van der Waals surface area contributed by atoms with Gasteiger partial charge in [-0.15, -0.1) is 0 Å². The van der Waals surface area contributed by atoms with E-state index in [4.69, 9.17) is 10.5 Å². The molecule has 0 fully saturated rings. The fourth-order valence-electron chi connectivity index (χ4n) is 1.41. The Morgan fingerprint density at radius 2 is 2.00 bits per heavy atom. The first-order chi connectivity index (χ1) is 6.28. The van der Waals surface area contributed by atoms with E-state index in [0.29, 0.717) is 6.54 Å². The normalized spacial score (nSPS) is 13.6. The molecule has 1 atom stereocenters. The summed E-state index contributed by atoms with van der Waals surface area (Å²) in [5.74, 6) is 0. The van der Waals surface area contributed by atoms with E-state index < -0.39 is 0 Å². The molecule has 0 saturated heterocycles. The smallest absolute Gasteiger partial charge is 0.0823 e. The van der Waals surface area contributed by atoms with Gasteiger partial charge in [0.1, 0.15) is 0 Å². The molecule has 0 bridgehead atoms. The molecule has 0 aromatic carbocycles. The summed E-state index contributed by atoms with van der Waals surface area (Å²) in [7, 11) is 0. The van der Waals surface area contributed by atoms with Gasteiger partial charge in [0.05, 0.1) is 6.10 Å². The molecule has 3 nitrogen and oxygen atoms in total. The molecule has 0 radical (unpaired) electrons. The third-order valence-electron chi connectivity index (χ3n) is 2.11. The van der Waals surface area contributed by atoms with Crippen molar-refractivity contribution in [2.75, 3.05) is 32.8 Å². The molecule has 80 valence electrons. The highest BCUT2D eigenvalue weighted by Gasteiger charge is 2.10. The minimum atomic E-state index is 0.205. The van der Waals surface area contributed by atoms with Gasteiger partial charge >= 0.3 is 0 Å². The van der Waals surface area contributed by atoms with Crippen LogP contribution < -0.4 is 5.73 Å². The van der Waals surface area contributed by atoms with Crippen molar-refractivity contribution in [2.24, 2.45) is 5.73 Å². The summed E-state index contributed by atoms with van der Waals surface area (Å²) in [6.07, 6.45) is 1.40. The first-order valence-corrected chi connectivity index (χ1v) is 5.32. The topological polar surface area (TPSA) is 38.5 Å². The molecule has 0 aliphatic carbocycles. The quantitative estimate of drug-likeness (QED) is 0.619. The molecule has 0 aromatic heterocycles. The average Bonchev–Trinajstić information content (AvgIpc) is 2.16. The van der Waals surface area contributed by atoms with Crippen LogP contribution >= 0.6 is 0 Å². The van der Waals surface area contributed by atoms with Crippen LogP contribution in [0, 0.1) is 0 Å². The molecule has 0 rings (SSSR count). The van der Waals surface area contributed by atoms with Crippen molar-refractivity contribution >= 4 is 0 Å². The van der Waals surface area contributed by atoms with E-state index in [-0.39, 0.29) is 6.10 Å². The van der Waals surface area contributed by atoms with Gasteiger partial charge in [0.2, 0.25) is 0 Å². The summed E-state index contributed by atoms with van der Waals surface area (Å²) < 4.78 is 5.50. The number of hydrogen-bond donors (Lipinski definition) is 1. The number of rotatable bonds is 8. The van der Waals surface area contributed by atoms with Gasteiger partial charge in [-0.3, -0.25) is 0 Å². The van der Waals surface area contributed by atoms with E-state index in [1.165, 1.54) is 6.42 Å². The van der Waals surface area contributed by atoms with Gasteiger partial charge in [-0.25, -0.2) is 0 Å². The van der Waals surface area contributed by atoms with Crippen LogP contribution in [0.1, 0.15) is 27.2 Å². The predicted octanol–water partition coefficient (Wildman–Crippen LogP) is 1.08. The van der Waals surface area contributed by atoms with Gasteiger partial charge in [-0.2, -0.15) is 0 Å². The fraction of sp³-hybridized carbons (Fsp3) is 1.00. The minimum absolute atomic E-state index is 0.205. The molecular weight excluding hydrogens is 164 g/mol. The summed E-state index contributed by atoms with van der Waals surface area (Å²) in [4.78, 5) is 2.38. The molecule has 0 aromatic rings. The molecule has 2 N–H and O–H groups in total. The van der Waals surface area contributed by atoms with Crippen LogP contribution in [0.15, 0.2) is 0 Å². The van der Waals surface area contributed by atoms with Crippen LogP contribution in [0.4, 0.5) is 0 Å². The SMILES string of the molecule is CCCN(CC)CC(CN)OCC. The van der Waals surface area contributed by atoms with Gasteiger partial charge in [-0.1, -0.05) is 13.8 Å². The lowest BCUT2D eigenvalue weighted by Crippen LogP contribution is -2.38. The van der Waals surface area contributed by atoms with Crippen LogP contribution in [-0.2, 0) is 4.74 Å². The highest BCUT2D eigenvalue weighted by atomic mass is 16.5. The average molecular weight is 188 g/mol. The van der Waals surface area contributed by atoms with Crippen molar-refractivity contribution in [1.29, 1.82) is 0 Å². The molecule has 0 saturated carbocycles. The molecule has 0 amide bonds. The van der Waals surface area contributed by atoms with Crippen molar-refractivity contribution in [2.45, 2.75) is 33.3 Å². The van der Waals surface area contributed by atoms with Crippen LogP contribution in [0.25, 0.3) is 0 Å². The zero-order valence-corrected chi connectivity index (χ0v) is 9.25. The third-order valence-corrected chi connectivity index (χ3v) is 2.11. The van der Waals surface area contributed by atoms with Gasteiger partial charge in [0, 0.05) is 19.7 Å². The lowest BCUT2D eigenvalue weighted by Gasteiger charge is -2.24. The number of likely N-dealkylation sites (N-methyl/N-ethyl adjacent to an activating group) is 1. The molecule has 13 heavy (non-hydrogen) atoms. The number of nitrogens with zero attached hydrogens (tertiary/aromatic N) is 1. The standard InChI is InChI=1S/C10H24N2O/c1-4-7-12(5-2)9-10(8-11)13-6-3/h10H,4-9,11H2,1-3H3. The second-order valence-electron chi connectivity index (χ2n) is 3.21. The highest BCUT2D eigenvalue weighted by molar-refractivity contribution is 4.65. The zero-order chi connectivity index (χ0) is 10.1. The Morgan fingerprint density at radius 1 is 1.31 bits per heavy atom. The summed E-state index contributed by atoms with van der Waals surface area (Å²) in [6.45, 7) is 10.9. The van der Waals surface area contributed by atoms with E-state index in [0.717, 1.165) is 26.2 Å². The van der Waals surface area contributed by atoms with Crippen LogP contribution in [-0.4, -0.2) is 43.8 Å². The Bertz CT molecular complexity index is 97.1. The largest absolute Gasteiger partial charge is 0.376 e. The Hall–Kier alpha value is -0.120. The Labute approximate surface area is 82.2 Å². The van der Waals surface area contributed by atoms with Crippen molar-refractivity contribution in [3.8, 4) is 0 Å². The molecule has 3 heteroatoms. The van der Waals surface area contributed by atoms with E-state index in [1.807, 2.05) is 6.92 Å². The predicted molar refractivity (Wildman–Crippen MR) is 56.9 cm³/mol. The Balaban J connectivity index is 3.73. The number of ether oxygens (including phenoxy) is 1. The molecule has 0 aliphatic rings. The van der Waals surface area contributed by atoms with Crippen LogP contribution in [0.5, 0.6) is 0 Å². The molecule has 0 aliphatic heterocycles. The first-order valence-electron chi connectivity index (χ1n) is 5.32. The lowest BCUT2D eigenvalue weighted by molar-refractivity contribution is 0.0404. The van der Waals surface area contributed by atoms with Crippen LogP contribution in [0.2, 0.25) is 0 Å². The second-order valence-corrected chi connectivity index (χ2v) is 3.21. The summed E-state index contributed by atoms with van der Waals surface area (Å²) in [5, 5.41) is 0. The van der Waals surface area contributed by atoms with E-state index in [9.17, 15) is 0 Å². The zero-order valence-electron chi connectivity index (χ0n) is 9.25. The van der Waals surface area contributed by atoms with E-state index in [2.05, 4.69) is 18.7 Å². The van der Waals surface area contributed by atoms with Gasteiger partial charge in [0.15, 0.2) is 0 Å². The highest BCUT2D eigenvalue weighted by Crippen LogP contribution is 1.97. The number of nitrogens with two attached hydrogens (primary N) is 1. The summed E-state index contributed by atoms with van der Waals surface area (Å²) in [6, 6.07) is 0. The van der Waals surface area contributed by atoms with Crippen molar-refractivity contribution in [3.63, 3.8) is 0 Å². The third kappa shape index (κ3) is 6.02. The lowest BCUT2D eigenvalue weighted by atomic mass is 10.3. The monoisotopic (exact) mass is 188 g/mol. The molecule has 0 heterocycles. The molecular formula is C10H24N2O. The molecule has 0 spiro atoms. The summed E-state index contributed by atoms with van der Waals surface area (Å²) >= 11 is 0. The van der Waals surface area contributed by atoms with Gasteiger partial charge < -0.3 is 15.4 Å². The van der Waals surface area contributed by atoms with Gasteiger partial charge in [0.25, 0.3) is 0 Å². The molecule has 1 unspecified atom stereocenters.